The molecule has 0 radical (unpaired) electrons. The summed E-state index contributed by atoms with van der Waals surface area (Å²) in [4.78, 5) is 78.7. The van der Waals surface area contributed by atoms with E-state index in [1.807, 2.05) is 19.9 Å². The highest BCUT2D eigenvalue weighted by atomic mass is 16.5. The number of hydrogen-bond donors (Lipinski definition) is 3. The van der Waals surface area contributed by atoms with Crippen molar-refractivity contribution in [3.63, 3.8) is 0 Å². The molecule has 0 aliphatic carbocycles. The molecule has 1 aliphatic heterocycles. The van der Waals surface area contributed by atoms with Crippen LogP contribution in [0.15, 0.2) is 30.3 Å². The Kier molecular flexibility index (Phi) is 15.2. The number of aliphatic hydroxyl groups is 1. The summed E-state index contributed by atoms with van der Waals surface area (Å²) in [5.74, 6) is -4.00. The maximum atomic E-state index is 13.9. The smallest absolute Gasteiger partial charge is 0.408 e. The van der Waals surface area contributed by atoms with Crippen LogP contribution in [0.2, 0.25) is 0 Å². The van der Waals surface area contributed by atoms with Gasteiger partial charge in [-0.1, -0.05) is 58.0 Å². The van der Waals surface area contributed by atoms with Crippen molar-refractivity contribution in [2.24, 2.45) is 29.4 Å². The minimum Gasteiger partial charge on any atom is -0.469 e. The molecule has 1 aromatic carbocycles. The molecule has 250 valence electrons. The van der Waals surface area contributed by atoms with Gasteiger partial charge in [-0.2, -0.15) is 0 Å². The third-order valence-electron chi connectivity index (χ3n) is 8.14. The minimum absolute atomic E-state index is 0.0378. The molecule has 5 atom stereocenters. The maximum Gasteiger partial charge on any atom is 0.408 e. The third-order valence-corrected chi connectivity index (χ3v) is 8.14. The van der Waals surface area contributed by atoms with Gasteiger partial charge in [0, 0.05) is 25.3 Å². The first-order chi connectivity index (χ1) is 21.2. The predicted molar refractivity (Wildman–Crippen MR) is 165 cm³/mol. The summed E-state index contributed by atoms with van der Waals surface area (Å²) in [6.45, 7) is 7.81. The molecule has 0 bridgehead atoms. The van der Waals surface area contributed by atoms with Crippen LogP contribution in [0.3, 0.4) is 0 Å². The van der Waals surface area contributed by atoms with Gasteiger partial charge in [0.05, 0.1) is 25.1 Å². The molecule has 12 nitrogen and oxygen atoms in total. The van der Waals surface area contributed by atoms with Crippen molar-refractivity contribution in [2.45, 2.75) is 97.4 Å². The lowest BCUT2D eigenvalue weighted by molar-refractivity contribution is -0.149. The molecule has 1 unspecified atom stereocenters. The second-order valence-corrected chi connectivity index (χ2v) is 12.5. The van der Waals surface area contributed by atoms with Gasteiger partial charge in [-0.05, 0) is 49.5 Å². The zero-order valence-electron chi connectivity index (χ0n) is 27.0. The average molecular weight is 632 g/mol. The summed E-state index contributed by atoms with van der Waals surface area (Å²) in [6.07, 6.45) is -1.43. The Morgan fingerprint density at radius 3 is 2.27 bits per heavy atom. The fourth-order valence-electron chi connectivity index (χ4n) is 5.61. The van der Waals surface area contributed by atoms with E-state index in [-0.39, 0.29) is 55.8 Å². The van der Waals surface area contributed by atoms with E-state index in [1.54, 1.807) is 38.1 Å². The number of nitrogens with zero attached hydrogens (tertiary/aromatic N) is 1. The van der Waals surface area contributed by atoms with E-state index >= 15 is 0 Å². The van der Waals surface area contributed by atoms with Gasteiger partial charge in [-0.15, -0.1) is 0 Å². The zero-order valence-corrected chi connectivity index (χ0v) is 27.0. The summed E-state index contributed by atoms with van der Waals surface area (Å²) in [5.41, 5.74) is 5.91. The number of nitrogens with two attached hydrogens (primary N) is 1. The Morgan fingerprint density at radius 1 is 1.02 bits per heavy atom. The number of primary amides is 1. The highest BCUT2D eigenvalue weighted by Gasteiger charge is 2.40. The van der Waals surface area contributed by atoms with Crippen molar-refractivity contribution in [1.82, 2.24) is 10.2 Å². The number of likely N-dealkylation sites (tertiary alicyclic amines) is 1. The van der Waals surface area contributed by atoms with Crippen molar-refractivity contribution in [2.75, 3.05) is 13.7 Å². The highest BCUT2D eigenvalue weighted by Crippen LogP contribution is 2.29. The molecule has 3 amide bonds. The lowest BCUT2D eigenvalue weighted by Crippen LogP contribution is -2.48. The molecule has 1 fully saturated rings. The van der Waals surface area contributed by atoms with Gasteiger partial charge in [-0.25, -0.2) is 4.79 Å². The SMILES string of the molecule is COC(=O)[C@@H](CC(=O)[C@@H]1CCCN1C(=O)[C@@H](CC(=O)[C@H](CCC(O)C(N)=O)NC(=O)OCc1ccccc1)C(C)C)CC(C)C. The van der Waals surface area contributed by atoms with Crippen LogP contribution in [0.5, 0.6) is 0 Å². The van der Waals surface area contributed by atoms with Crippen molar-refractivity contribution in [3.05, 3.63) is 35.9 Å². The number of amides is 3. The summed E-state index contributed by atoms with van der Waals surface area (Å²) in [5, 5.41) is 12.5. The van der Waals surface area contributed by atoms with Crippen molar-refractivity contribution < 1.29 is 43.3 Å². The maximum absolute atomic E-state index is 13.9. The largest absolute Gasteiger partial charge is 0.469 e. The average Bonchev–Trinajstić information content (AvgIpc) is 3.50. The zero-order chi connectivity index (χ0) is 33.7. The van der Waals surface area contributed by atoms with Crippen LogP contribution in [0.1, 0.15) is 78.2 Å². The number of esters is 1. The van der Waals surface area contributed by atoms with E-state index in [4.69, 9.17) is 15.2 Å². The van der Waals surface area contributed by atoms with E-state index in [1.165, 1.54) is 12.0 Å². The van der Waals surface area contributed by atoms with E-state index in [9.17, 15) is 33.9 Å². The fourth-order valence-corrected chi connectivity index (χ4v) is 5.61. The van der Waals surface area contributed by atoms with Crippen molar-refractivity contribution >= 4 is 35.4 Å². The first-order valence-electron chi connectivity index (χ1n) is 15.6. The van der Waals surface area contributed by atoms with Crippen LogP contribution in [0.4, 0.5) is 4.79 Å². The summed E-state index contributed by atoms with van der Waals surface area (Å²) < 4.78 is 10.2. The number of methoxy groups -OCH3 is 1. The Hall–Kier alpha value is -3.80. The van der Waals surface area contributed by atoms with Crippen molar-refractivity contribution in [1.29, 1.82) is 0 Å². The van der Waals surface area contributed by atoms with Gasteiger partial charge >= 0.3 is 12.1 Å². The summed E-state index contributed by atoms with van der Waals surface area (Å²) in [7, 11) is 1.29. The molecule has 0 saturated carbocycles. The third kappa shape index (κ3) is 11.9. The summed E-state index contributed by atoms with van der Waals surface area (Å²) >= 11 is 0. The van der Waals surface area contributed by atoms with E-state index in [2.05, 4.69) is 5.32 Å². The molecular weight excluding hydrogens is 582 g/mol. The molecule has 1 saturated heterocycles. The number of carbonyl (C=O) groups excluding carboxylic acids is 6. The van der Waals surface area contributed by atoms with E-state index < -0.39 is 53.8 Å². The topological polar surface area (TPSA) is 182 Å². The number of ether oxygens (including phenoxy) is 2. The number of alkyl carbamates (subject to hydrolysis) is 1. The van der Waals surface area contributed by atoms with Crippen molar-refractivity contribution in [3.8, 4) is 0 Å². The number of rotatable bonds is 18. The van der Waals surface area contributed by atoms with Gasteiger partial charge in [0.25, 0.3) is 0 Å². The lowest BCUT2D eigenvalue weighted by Gasteiger charge is -2.31. The minimum atomic E-state index is -1.52. The molecule has 12 heteroatoms. The number of ketones is 2. The molecule has 1 heterocycles. The first-order valence-corrected chi connectivity index (χ1v) is 15.6. The van der Waals surface area contributed by atoms with Gasteiger partial charge in [0.2, 0.25) is 11.8 Å². The monoisotopic (exact) mass is 631 g/mol. The standard InChI is InChI=1S/C33H49N3O9/c1-20(2)16-23(32(42)44-5)17-29(39)26-12-9-15-36(26)31(41)24(21(3)4)18-28(38)25(13-14-27(37)30(34)40)35-33(43)45-19-22-10-7-6-8-11-22/h6-8,10-11,20-21,23-27,37H,9,12-19H2,1-5H3,(H2,34,40)(H,35,43)/t23-,24+,25+,26+,27?/m1/s1. The van der Waals surface area contributed by atoms with E-state index in [0.29, 0.717) is 25.8 Å². The van der Waals surface area contributed by atoms with Crippen LogP contribution >= 0.6 is 0 Å². The van der Waals surface area contributed by atoms with Crippen LogP contribution in [-0.2, 0) is 40.1 Å². The molecule has 0 aromatic heterocycles. The molecule has 4 N–H and O–H groups in total. The van der Waals surface area contributed by atoms with E-state index in [0.717, 1.165) is 5.56 Å². The fraction of sp³-hybridized carbons (Fsp3) is 0.636. The van der Waals surface area contributed by atoms with Gasteiger partial charge in [-0.3, -0.25) is 24.0 Å². The number of hydrogen-bond acceptors (Lipinski definition) is 9. The van der Waals surface area contributed by atoms with Crippen LogP contribution < -0.4 is 11.1 Å². The Labute approximate surface area is 265 Å². The Balaban J connectivity index is 2.17. The number of aliphatic hydroxyl groups excluding tert-OH is 1. The second kappa shape index (κ2) is 18.2. The molecule has 0 spiro atoms. The molecule has 1 aromatic rings. The number of carbonyl (C=O) groups is 6. The van der Waals surface area contributed by atoms with Gasteiger partial charge in [0.1, 0.15) is 12.7 Å². The lowest BCUT2D eigenvalue weighted by atomic mass is 9.86. The second-order valence-electron chi connectivity index (χ2n) is 12.5. The number of Topliss-reactive ketones (excluding diaryl/α,β-unsaturated/α-hetero) is 2. The molecule has 2 rings (SSSR count). The normalized spacial score (nSPS) is 17.3. The molecule has 45 heavy (non-hydrogen) atoms. The Bertz CT molecular complexity index is 1170. The number of nitrogens with one attached hydrogen (secondary N) is 1. The predicted octanol–water partition coefficient (Wildman–Crippen LogP) is 2.92. The number of benzene rings is 1. The van der Waals surface area contributed by atoms with Crippen LogP contribution in [-0.4, -0.2) is 77.3 Å². The summed E-state index contributed by atoms with van der Waals surface area (Å²) in [6, 6.07) is 7.08. The molecule has 1 aliphatic rings. The first kappa shape index (κ1) is 37.4. The highest BCUT2D eigenvalue weighted by molar-refractivity contribution is 5.95. The Morgan fingerprint density at radius 2 is 1.69 bits per heavy atom. The van der Waals surface area contributed by atoms with Gasteiger partial charge in [0.15, 0.2) is 11.6 Å². The van der Waals surface area contributed by atoms with Gasteiger partial charge < -0.3 is 30.5 Å². The van der Waals surface area contributed by atoms with Crippen LogP contribution in [0.25, 0.3) is 0 Å². The molecular formula is C33H49N3O9. The van der Waals surface area contributed by atoms with Crippen LogP contribution in [0, 0.1) is 23.7 Å². The quantitative estimate of drug-likeness (QED) is 0.205.